The molecule has 4 heterocycles. The molecule has 0 radical (unpaired) electrons. The van der Waals surface area contributed by atoms with Crippen LogP contribution in [0.25, 0.3) is 88.7 Å². The third-order valence-corrected chi connectivity index (χ3v) is 10.2. The van der Waals surface area contributed by atoms with Crippen LogP contribution in [0, 0.1) is 13.0 Å². The van der Waals surface area contributed by atoms with E-state index in [2.05, 4.69) is 157 Å². The summed E-state index contributed by atoms with van der Waals surface area (Å²) in [6.07, 6.45) is 1.89. The fraction of sp³-hybridized carbons (Fsp3) is 0.0870. The van der Waals surface area contributed by atoms with Crippen molar-refractivity contribution in [3.63, 3.8) is 0 Å². The van der Waals surface area contributed by atoms with Crippen molar-refractivity contribution in [2.45, 2.75) is 26.7 Å². The van der Waals surface area contributed by atoms with Crippen molar-refractivity contribution in [2.75, 3.05) is 0 Å². The van der Waals surface area contributed by atoms with E-state index >= 15 is 0 Å². The summed E-state index contributed by atoms with van der Waals surface area (Å²) in [7, 11) is 0. The van der Waals surface area contributed by atoms with Crippen LogP contribution in [0.1, 0.15) is 30.9 Å². The van der Waals surface area contributed by atoms with Gasteiger partial charge in [-0.3, -0.25) is 4.57 Å². The maximum Gasteiger partial charge on any atom is 2.00 e. The molecule has 0 saturated carbocycles. The second-order valence-corrected chi connectivity index (χ2v) is 13.7. The average molecular weight is 851 g/mol. The molecule has 0 spiro atoms. The fourth-order valence-corrected chi connectivity index (χ4v) is 7.67. The van der Waals surface area contributed by atoms with E-state index in [-0.39, 0.29) is 21.1 Å². The molecule has 6 aromatic carbocycles. The first-order valence-corrected chi connectivity index (χ1v) is 17.5. The second kappa shape index (κ2) is 12.5. The smallest absolute Gasteiger partial charge is 0.656 e. The predicted octanol–water partition coefficient (Wildman–Crippen LogP) is 11.3. The van der Waals surface area contributed by atoms with Crippen molar-refractivity contribution in [3.05, 3.63) is 157 Å². The maximum absolute atomic E-state index is 5.49. The molecule has 4 aromatic heterocycles. The number of aromatic nitrogens is 5. The molecule has 0 atom stereocenters. The molecule has 0 bridgehead atoms. The van der Waals surface area contributed by atoms with E-state index in [0.717, 1.165) is 88.8 Å². The van der Waals surface area contributed by atoms with Gasteiger partial charge in [0.2, 0.25) is 0 Å². The summed E-state index contributed by atoms with van der Waals surface area (Å²) in [6, 6.07) is 51.0. The largest absolute Gasteiger partial charge is 2.00 e. The molecule has 0 aliphatic heterocycles. The van der Waals surface area contributed by atoms with Gasteiger partial charge in [-0.1, -0.05) is 110 Å². The Labute approximate surface area is 315 Å². The van der Waals surface area contributed by atoms with Crippen LogP contribution in [-0.2, 0) is 21.1 Å². The van der Waals surface area contributed by atoms with Crippen molar-refractivity contribution >= 4 is 54.6 Å². The predicted molar refractivity (Wildman–Crippen MR) is 210 cm³/mol. The first-order valence-electron chi connectivity index (χ1n) is 17.5. The van der Waals surface area contributed by atoms with Crippen LogP contribution in [0.5, 0.6) is 0 Å². The Morgan fingerprint density at radius 3 is 2.27 bits per heavy atom. The number of fused-ring (bicyclic) bond motifs is 7. The summed E-state index contributed by atoms with van der Waals surface area (Å²) < 4.78 is 4.54. The van der Waals surface area contributed by atoms with Crippen molar-refractivity contribution in [3.8, 4) is 34.0 Å². The van der Waals surface area contributed by atoms with Gasteiger partial charge < -0.3 is 9.55 Å². The molecule has 5 nitrogen and oxygen atoms in total. The van der Waals surface area contributed by atoms with Crippen LogP contribution in [0.15, 0.2) is 140 Å². The summed E-state index contributed by atoms with van der Waals surface area (Å²) >= 11 is 0. The number of para-hydroxylation sites is 4. The summed E-state index contributed by atoms with van der Waals surface area (Å²) in [5, 5.41) is 4.62. The topological polar surface area (TPSA) is 49.7 Å². The molecule has 0 unspecified atom stereocenters. The van der Waals surface area contributed by atoms with Crippen molar-refractivity contribution < 1.29 is 21.1 Å². The normalized spacial score (nSPS) is 11.8. The van der Waals surface area contributed by atoms with E-state index in [0.29, 0.717) is 5.92 Å². The summed E-state index contributed by atoms with van der Waals surface area (Å²) in [5.74, 6) is 2.16. The molecule has 0 saturated heterocycles. The molecule has 0 fully saturated rings. The Morgan fingerprint density at radius 1 is 0.654 bits per heavy atom. The van der Waals surface area contributed by atoms with Gasteiger partial charge in [-0.25, -0.2) is 9.97 Å². The zero-order valence-electron chi connectivity index (χ0n) is 28.9. The monoisotopic (exact) mass is 850 g/mol. The van der Waals surface area contributed by atoms with Crippen LogP contribution in [0.2, 0.25) is 0 Å². The Morgan fingerprint density at radius 2 is 1.42 bits per heavy atom. The van der Waals surface area contributed by atoms with Gasteiger partial charge in [0, 0.05) is 23.0 Å². The number of pyridine rings is 1. The molecule has 252 valence electrons. The number of imidazole rings is 1. The zero-order valence-corrected chi connectivity index (χ0v) is 31.2. The Hall–Kier alpha value is -5.77. The van der Waals surface area contributed by atoms with Crippen molar-refractivity contribution in [1.29, 1.82) is 0 Å². The van der Waals surface area contributed by atoms with Gasteiger partial charge in [-0.2, -0.15) is 0 Å². The third-order valence-electron chi connectivity index (χ3n) is 10.2. The summed E-state index contributed by atoms with van der Waals surface area (Å²) in [6.45, 7) is 6.59. The van der Waals surface area contributed by atoms with Gasteiger partial charge in [0.25, 0.3) is 0 Å². The minimum absolute atomic E-state index is 0. The minimum Gasteiger partial charge on any atom is -0.656 e. The van der Waals surface area contributed by atoms with Crippen LogP contribution in [-0.4, -0.2) is 19.1 Å². The zero-order chi connectivity index (χ0) is 34.2. The van der Waals surface area contributed by atoms with Crippen LogP contribution >= 0.6 is 0 Å². The van der Waals surface area contributed by atoms with Crippen LogP contribution in [0.4, 0.5) is 0 Å². The van der Waals surface area contributed by atoms with Crippen LogP contribution < -0.4 is 4.98 Å². The molecule has 52 heavy (non-hydrogen) atoms. The third kappa shape index (κ3) is 4.95. The average Bonchev–Trinajstić information content (AvgIpc) is 3.84. The molecule has 0 amide bonds. The first kappa shape index (κ1) is 32.2. The number of nitrogens with zero attached hydrogens (tertiary/aromatic N) is 5. The Balaban J connectivity index is 0.00000360. The van der Waals surface area contributed by atoms with Gasteiger partial charge in [-0.05, 0) is 82.0 Å². The number of rotatable bonds is 5. The number of benzene rings is 6. The maximum atomic E-state index is 5.49. The number of aryl methyl sites for hydroxylation is 1. The standard InChI is InChI=1S/C46H33N5.Pt/c1-28(2)30-19-21-35-36-22-20-31(27-42(36)51(41(35)26-30)43-25-29(3)23-24-47-43)33-14-10-18-40-45(33)49-46(50(40)32-11-5-4-6-12-32)38-16-9-15-37-34-13-7-8-17-39(34)48-44(37)38;/h4-26,28H,1-3H3;/q-2;+2. The molecule has 10 aromatic rings. The quantitative estimate of drug-likeness (QED) is 0.162. The fourth-order valence-electron chi connectivity index (χ4n) is 7.67. The molecule has 6 heteroatoms. The van der Waals surface area contributed by atoms with Gasteiger partial charge in [0.1, 0.15) is 11.6 Å². The van der Waals surface area contributed by atoms with Crippen molar-refractivity contribution in [1.82, 2.24) is 24.1 Å². The molecule has 0 aliphatic carbocycles. The molecule has 0 N–H and O–H groups in total. The van der Waals surface area contributed by atoms with Crippen LogP contribution in [0.3, 0.4) is 0 Å². The summed E-state index contributed by atoms with van der Waals surface area (Å²) in [4.78, 5) is 15.5. The molecule has 0 aliphatic rings. The first-order chi connectivity index (χ1) is 25.0. The second-order valence-electron chi connectivity index (χ2n) is 13.7. The van der Waals surface area contributed by atoms with E-state index < -0.39 is 0 Å². The van der Waals surface area contributed by atoms with Gasteiger partial charge in [0.05, 0.1) is 11.0 Å². The van der Waals surface area contributed by atoms with E-state index in [4.69, 9.17) is 15.0 Å². The van der Waals surface area contributed by atoms with Gasteiger partial charge in [0.15, 0.2) is 0 Å². The Kier molecular flexibility index (Phi) is 7.71. The number of hydrogen-bond acceptors (Lipinski definition) is 2. The summed E-state index contributed by atoms with van der Waals surface area (Å²) in [5.41, 5.74) is 12.5. The van der Waals surface area contributed by atoms with E-state index in [1.54, 1.807) is 0 Å². The van der Waals surface area contributed by atoms with E-state index in [9.17, 15) is 0 Å². The van der Waals surface area contributed by atoms with Gasteiger partial charge in [-0.15, -0.1) is 34.8 Å². The molecule has 10 rings (SSSR count). The minimum atomic E-state index is 0. The Bertz CT molecular complexity index is 2960. The van der Waals surface area contributed by atoms with E-state index in [1.165, 1.54) is 10.9 Å². The molecular formula is C46H33N5Pt. The van der Waals surface area contributed by atoms with Gasteiger partial charge >= 0.3 is 21.1 Å². The SMILES string of the molecule is Cc1ccnc(-n2c3[c-]c(-c4cccc5c4nc(-c4cccc6c4[n-]c4ccccc46)n5-c4ccccc4)ccc3c3ccc(C(C)C)cc32)c1.[Pt+2]. The van der Waals surface area contributed by atoms with E-state index in [1.807, 2.05) is 18.3 Å². The number of hydrogen-bond donors (Lipinski definition) is 0. The molecular weight excluding hydrogens is 818 g/mol. The van der Waals surface area contributed by atoms with Crippen molar-refractivity contribution in [2.24, 2.45) is 0 Å².